The van der Waals surface area contributed by atoms with Gasteiger partial charge in [-0.05, 0) is 76.3 Å². The summed E-state index contributed by atoms with van der Waals surface area (Å²) >= 11 is 0. The van der Waals surface area contributed by atoms with Crippen molar-refractivity contribution in [3.63, 3.8) is 0 Å². The molecule has 12 heteroatoms. The van der Waals surface area contributed by atoms with Crippen molar-refractivity contribution < 1.29 is 33.0 Å². The fraction of sp³-hybridized carbons (Fsp3) is 0.865. The van der Waals surface area contributed by atoms with Crippen LogP contribution in [0, 0.1) is 17.8 Å². The molecule has 11 nitrogen and oxygen atoms in total. The number of nitrogens with one attached hydrogen (secondary N) is 1. The van der Waals surface area contributed by atoms with E-state index in [9.17, 15) is 14.4 Å². The molecule has 3 saturated carbocycles. The molecular weight excluding hydrogens is 629 g/mol. The molecule has 0 aromatic heterocycles. The molecule has 270 valence electrons. The van der Waals surface area contributed by atoms with Gasteiger partial charge in [0.05, 0.1) is 61.3 Å². The van der Waals surface area contributed by atoms with E-state index in [2.05, 4.69) is 20.0 Å². The van der Waals surface area contributed by atoms with Crippen LogP contribution in [0.1, 0.15) is 70.6 Å². The second kappa shape index (κ2) is 13.5. The highest BCUT2D eigenvalue weighted by atomic mass is 19.1. The molecule has 12 atom stereocenters. The van der Waals surface area contributed by atoms with Crippen molar-refractivity contribution in [2.75, 3.05) is 59.0 Å². The first kappa shape index (κ1) is 32.8. The predicted octanol–water partition coefficient (Wildman–Crippen LogP) is 1.89. The van der Waals surface area contributed by atoms with Gasteiger partial charge < -0.3 is 34.2 Å². The minimum Gasteiger partial charge on any atom is -0.378 e. The Morgan fingerprint density at radius 1 is 0.857 bits per heavy atom. The summed E-state index contributed by atoms with van der Waals surface area (Å²) in [5.41, 5.74) is 0.189. The van der Waals surface area contributed by atoms with Crippen molar-refractivity contribution in [2.24, 2.45) is 17.8 Å². The minimum atomic E-state index is -1.27. The zero-order valence-corrected chi connectivity index (χ0v) is 28.8. The van der Waals surface area contributed by atoms with Crippen molar-refractivity contribution in [3.05, 3.63) is 11.8 Å². The number of fused-ring (bicyclic) bond motifs is 5. The molecule has 3 aliphatic carbocycles. The van der Waals surface area contributed by atoms with Crippen LogP contribution < -0.4 is 5.32 Å². The number of Topliss-reactive ketones (excluding diaryl/α,β-unsaturated/α-hetero) is 1. The number of likely N-dealkylation sites (tertiary alicyclic amines) is 2. The Labute approximate surface area is 289 Å². The van der Waals surface area contributed by atoms with Gasteiger partial charge >= 0.3 is 0 Å². The first-order chi connectivity index (χ1) is 23.9. The smallest absolute Gasteiger partial charge is 0.259 e. The first-order valence-corrected chi connectivity index (χ1v) is 19.5. The van der Waals surface area contributed by atoms with Gasteiger partial charge in [0.25, 0.3) is 5.91 Å². The van der Waals surface area contributed by atoms with Crippen molar-refractivity contribution in [1.29, 1.82) is 0 Å². The molecule has 6 heterocycles. The van der Waals surface area contributed by atoms with E-state index in [0.717, 1.165) is 45.3 Å². The number of morpholine rings is 2. The van der Waals surface area contributed by atoms with Gasteiger partial charge in [-0.1, -0.05) is 12.8 Å². The van der Waals surface area contributed by atoms with Crippen molar-refractivity contribution in [3.8, 4) is 0 Å². The largest absolute Gasteiger partial charge is 0.378 e. The standard InChI is InChI=1S/C37H54FN5O6/c38-27-17-25-33-36(34(27)42-12-7-22(20-42)39-32(44)8-11-40-9-3-4-10-40)49-31-18-24-23-5-1-2-6-29(23)48-30(24)19-28(31)43(33)21-26(35(25)45)37(46)41-13-15-47-16-14-41/h21-25,27-31,33-34,36H,1-20H2,(H,39,44)/t22-,23?,24?,25?,27?,28?,29?,30?,31?,33?,34?,36?/m1/s1. The summed E-state index contributed by atoms with van der Waals surface area (Å²) in [5, 5.41) is 3.24. The van der Waals surface area contributed by atoms with E-state index in [1.807, 2.05) is 6.20 Å². The Hall–Kier alpha value is -2.12. The van der Waals surface area contributed by atoms with E-state index >= 15 is 4.39 Å². The fourth-order valence-corrected chi connectivity index (χ4v) is 11.5. The van der Waals surface area contributed by atoms with Gasteiger partial charge in [0.1, 0.15) is 6.17 Å². The maximum Gasteiger partial charge on any atom is 0.259 e. The third kappa shape index (κ3) is 5.95. The van der Waals surface area contributed by atoms with E-state index in [-0.39, 0.29) is 59.9 Å². The van der Waals surface area contributed by atoms with E-state index in [0.29, 0.717) is 63.8 Å². The van der Waals surface area contributed by atoms with E-state index in [4.69, 9.17) is 14.2 Å². The van der Waals surface area contributed by atoms with Gasteiger partial charge in [0, 0.05) is 57.3 Å². The summed E-state index contributed by atoms with van der Waals surface area (Å²) in [6, 6.07) is -0.887. The van der Waals surface area contributed by atoms with Crippen LogP contribution in [0.5, 0.6) is 0 Å². The molecule has 0 spiro atoms. The highest BCUT2D eigenvalue weighted by Crippen LogP contribution is 2.53. The third-order valence-electron chi connectivity index (χ3n) is 13.8. The normalized spacial score (nSPS) is 43.8. The van der Waals surface area contributed by atoms with Gasteiger partial charge in [0.15, 0.2) is 5.78 Å². The lowest BCUT2D eigenvalue weighted by Gasteiger charge is -2.61. The molecule has 49 heavy (non-hydrogen) atoms. The highest BCUT2D eigenvalue weighted by Gasteiger charge is 2.62. The number of carbonyl (C=O) groups excluding carboxylic acids is 3. The van der Waals surface area contributed by atoms with Gasteiger partial charge in [-0.2, -0.15) is 0 Å². The predicted molar refractivity (Wildman–Crippen MR) is 177 cm³/mol. The molecule has 9 rings (SSSR count). The van der Waals surface area contributed by atoms with Crippen molar-refractivity contribution in [2.45, 2.75) is 125 Å². The van der Waals surface area contributed by atoms with E-state index < -0.39 is 24.2 Å². The number of hydrogen-bond acceptors (Lipinski definition) is 9. The lowest BCUT2D eigenvalue weighted by Crippen LogP contribution is -2.73. The Morgan fingerprint density at radius 2 is 1.67 bits per heavy atom. The maximum absolute atomic E-state index is 16.7. The van der Waals surface area contributed by atoms with Crippen LogP contribution in [-0.4, -0.2) is 151 Å². The number of rotatable bonds is 6. The summed E-state index contributed by atoms with van der Waals surface area (Å²) in [4.78, 5) is 49.5. The molecule has 0 radical (unpaired) electrons. The lowest BCUT2D eigenvalue weighted by molar-refractivity contribution is -0.220. The number of ether oxygens (including phenoxy) is 3. The second-order valence-electron chi connectivity index (χ2n) is 16.4. The molecule has 6 aliphatic heterocycles. The average Bonchev–Trinajstić information content (AvgIpc) is 3.88. The topological polar surface area (TPSA) is 104 Å². The number of carbonyl (C=O) groups is 3. The maximum atomic E-state index is 16.7. The Bertz CT molecular complexity index is 1320. The summed E-state index contributed by atoms with van der Waals surface area (Å²) in [7, 11) is 0. The molecule has 0 aromatic rings. The molecule has 11 unspecified atom stereocenters. The monoisotopic (exact) mass is 683 g/mol. The van der Waals surface area contributed by atoms with Gasteiger partial charge in [-0.3, -0.25) is 19.3 Å². The molecule has 0 aromatic carbocycles. The fourth-order valence-electron chi connectivity index (χ4n) is 11.5. The van der Waals surface area contributed by atoms with Crippen LogP contribution in [0.25, 0.3) is 0 Å². The van der Waals surface area contributed by atoms with Crippen LogP contribution in [0.15, 0.2) is 11.8 Å². The number of hydrogen-bond donors (Lipinski definition) is 1. The first-order valence-electron chi connectivity index (χ1n) is 19.5. The Balaban J connectivity index is 0.973. The zero-order chi connectivity index (χ0) is 33.2. The van der Waals surface area contributed by atoms with Crippen LogP contribution in [0.2, 0.25) is 0 Å². The van der Waals surface area contributed by atoms with Crippen LogP contribution in [0.4, 0.5) is 4.39 Å². The van der Waals surface area contributed by atoms with Crippen molar-refractivity contribution in [1.82, 2.24) is 24.9 Å². The summed E-state index contributed by atoms with van der Waals surface area (Å²) < 4.78 is 36.1. The van der Waals surface area contributed by atoms with Crippen molar-refractivity contribution >= 4 is 17.6 Å². The number of alkyl halides is 1. The second-order valence-corrected chi connectivity index (χ2v) is 16.4. The third-order valence-corrected chi connectivity index (χ3v) is 13.8. The SMILES string of the molecule is O=C(CCN1CCCC1)N[C@@H]1CCN(C2C(F)CC3C(=O)C(C(=O)N4CCOCC4)=CN4C5CC6OC7CCCCC7C6CC5OC2C34)C1. The van der Waals surface area contributed by atoms with Crippen LogP contribution >= 0.6 is 0 Å². The van der Waals surface area contributed by atoms with Gasteiger partial charge in [-0.25, -0.2) is 4.39 Å². The molecule has 5 saturated heterocycles. The molecule has 1 N–H and O–H groups in total. The van der Waals surface area contributed by atoms with Crippen LogP contribution in [0.3, 0.4) is 0 Å². The van der Waals surface area contributed by atoms with E-state index in [1.165, 1.54) is 32.1 Å². The number of halogens is 1. The summed E-state index contributed by atoms with van der Waals surface area (Å²) in [6.45, 7) is 6.01. The molecule has 9 aliphatic rings. The molecule has 8 fully saturated rings. The molecule has 0 bridgehead atoms. The van der Waals surface area contributed by atoms with E-state index in [1.54, 1.807) is 4.90 Å². The molecule has 2 amide bonds. The van der Waals surface area contributed by atoms with Gasteiger partial charge in [0.2, 0.25) is 5.91 Å². The number of ketones is 1. The highest BCUT2D eigenvalue weighted by molar-refractivity contribution is 6.20. The average molecular weight is 684 g/mol. The summed E-state index contributed by atoms with van der Waals surface area (Å²) in [6.07, 6.45) is 10.6. The minimum absolute atomic E-state index is 0.0243. The molecular formula is C37H54FN5O6. The Kier molecular flexibility index (Phi) is 9.00. The van der Waals surface area contributed by atoms with Crippen LogP contribution in [-0.2, 0) is 28.6 Å². The zero-order valence-electron chi connectivity index (χ0n) is 28.8. The van der Waals surface area contributed by atoms with Gasteiger partial charge in [-0.15, -0.1) is 0 Å². The number of amides is 2. The number of nitrogens with zero attached hydrogens (tertiary/aromatic N) is 4. The quantitative estimate of drug-likeness (QED) is 0.421. The Morgan fingerprint density at radius 3 is 2.51 bits per heavy atom. The lowest BCUT2D eigenvalue weighted by atomic mass is 9.67. The summed E-state index contributed by atoms with van der Waals surface area (Å²) in [5.74, 6) is -0.0974.